The van der Waals surface area contributed by atoms with Gasteiger partial charge in [0, 0.05) is 5.56 Å². The topological polar surface area (TPSA) is 17.1 Å². The third kappa shape index (κ3) is 3.31. The number of aldehydes is 1. The van der Waals surface area contributed by atoms with Gasteiger partial charge in [-0.1, -0.05) is 97.1 Å². The zero-order valence-corrected chi connectivity index (χ0v) is 16.5. The highest BCUT2D eigenvalue weighted by Gasteiger charge is 2.05. The number of benzene rings is 6. The first-order valence-corrected chi connectivity index (χ1v) is 10.1. The first-order chi connectivity index (χ1) is 14.8. The van der Waals surface area contributed by atoms with E-state index >= 15 is 0 Å². The van der Waals surface area contributed by atoms with E-state index in [1.165, 1.54) is 21.5 Å². The van der Waals surface area contributed by atoms with E-state index in [9.17, 15) is 4.79 Å². The van der Waals surface area contributed by atoms with Crippen LogP contribution in [0.3, 0.4) is 0 Å². The van der Waals surface area contributed by atoms with Crippen LogP contribution >= 0.6 is 0 Å². The van der Waals surface area contributed by atoms with E-state index in [4.69, 9.17) is 0 Å². The van der Waals surface area contributed by atoms with Crippen molar-refractivity contribution in [3.8, 4) is 0 Å². The van der Waals surface area contributed by atoms with Gasteiger partial charge in [0.05, 0.1) is 0 Å². The van der Waals surface area contributed by atoms with Crippen molar-refractivity contribution in [2.45, 2.75) is 0 Å². The predicted octanol–water partition coefficient (Wildman–Crippen LogP) is 7.80. The molecule has 0 bridgehead atoms. The SMILES string of the molecule is O=Cc1c2ccccc2cc2ccccc12.c1ccc2cc3ccccc3cc2c1. The Labute approximate surface area is 175 Å². The molecule has 0 fully saturated rings. The molecule has 1 heteroatoms. The highest BCUT2D eigenvalue weighted by atomic mass is 16.1. The van der Waals surface area contributed by atoms with Gasteiger partial charge in [0.15, 0.2) is 6.29 Å². The second kappa shape index (κ2) is 7.81. The molecular weight excluding hydrogens is 364 g/mol. The van der Waals surface area contributed by atoms with Gasteiger partial charge in [-0.2, -0.15) is 0 Å². The number of carbonyl (C=O) groups is 1. The quantitative estimate of drug-likeness (QED) is 0.209. The van der Waals surface area contributed by atoms with Crippen LogP contribution < -0.4 is 0 Å². The van der Waals surface area contributed by atoms with E-state index in [0.717, 1.165) is 33.4 Å². The minimum absolute atomic E-state index is 0.786. The lowest BCUT2D eigenvalue weighted by Gasteiger charge is -2.05. The molecule has 6 aromatic carbocycles. The van der Waals surface area contributed by atoms with Gasteiger partial charge in [-0.15, -0.1) is 0 Å². The molecule has 0 spiro atoms. The molecule has 0 heterocycles. The molecule has 0 N–H and O–H groups in total. The van der Waals surface area contributed by atoms with Crippen molar-refractivity contribution in [2.24, 2.45) is 0 Å². The molecule has 0 aliphatic heterocycles. The van der Waals surface area contributed by atoms with E-state index in [1.54, 1.807) is 0 Å². The van der Waals surface area contributed by atoms with Crippen LogP contribution in [0.1, 0.15) is 10.4 Å². The molecule has 0 saturated heterocycles. The number of rotatable bonds is 1. The summed E-state index contributed by atoms with van der Waals surface area (Å²) < 4.78 is 0. The molecule has 0 radical (unpaired) electrons. The molecule has 0 unspecified atom stereocenters. The number of hydrogen-bond donors (Lipinski definition) is 0. The highest BCUT2D eigenvalue weighted by Crippen LogP contribution is 2.27. The molecule has 0 aliphatic carbocycles. The minimum Gasteiger partial charge on any atom is -0.298 e. The Hall–Kier alpha value is -3.97. The molecule has 30 heavy (non-hydrogen) atoms. The average Bonchev–Trinajstić information content (AvgIpc) is 2.81. The summed E-state index contributed by atoms with van der Waals surface area (Å²) in [6.45, 7) is 0. The van der Waals surface area contributed by atoms with Crippen LogP contribution in [-0.2, 0) is 0 Å². The second-order valence-corrected chi connectivity index (χ2v) is 7.40. The second-order valence-electron chi connectivity index (χ2n) is 7.40. The molecule has 0 amide bonds. The van der Waals surface area contributed by atoms with E-state index in [2.05, 4.69) is 66.7 Å². The van der Waals surface area contributed by atoms with Crippen LogP contribution in [0.5, 0.6) is 0 Å². The van der Waals surface area contributed by atoms with Crippen LogP contribution in [0.4, 0.5) is 0 Å². The zero-order chi connectivity index (χ0) is 20.3. The maximum Gasteiger partial charge on any atom is 0.151 e. The van der Waals surface area contributed by atoms with Crippen LogP contribution in [0, 0.1) is 0 Å². The van der Waals surface area contributed by atoms with Gasteiger partial charge in [-0.3, -0.25) is 4.79 Å². The van der Waals surface area contributed by atoms with Crippen molar-refractivity contribution in [1.29, 1.82) is 0 Å². The third-order valence-electron chi connectivity index (χ3n) is 5.54. The Balaban J connectivity index is 0.000000130. The first-order valence-electron chi connectivity index (χ1n) is 10.1. The summed E-state index contributed by atoms with van der Waals surface area (Å²) in [7, 11) is 0. The zero-order valence-electron chi connectivity index (χ0n) is 16.5. The molecule has 6 rings (SSSR count). The van der Waals surface area contributed by atoms with Gasteiger partial charge in [0.25, 0.3) is 0 Å². The summed E-state index contributed by atoms with van der Waals surface area (Å²) in [6.07, 6.45) is 0.949. The van der Waals surface area contributed by atoms with Gasteiger partial charge in [-0.05, 0) is 61.3 Å². The normalized spacial score (nSPS) is 10.8. The fraction of sp³-hybridized carbons (Fsp3) is 0. The van der Waals surface area contributed by atoms with Crippen molar-refractivity contribution in [1.82, 2.24) is 0 Å². The summed E-state index contributed by atoms with van der Waals surface area (Å²) in [4.78, 5) is 11.2. The van der Waals surface area contributed by atoms with Crippen molar-refractivity contribution in [2.75, 3.05) is 0 Å². The average molecular weight is 384 g/mol. The van der Waals surface area contributed by atoms with E-state index in [1.807, 2.05) is 48.5 Å². The Morgan fingerprint density at radius 3 is 1.07 bits per heavy atom. The fourth-order valence-electron chi connectivity index (χ4n) is 4.06. The summed E-state index contributed by atoms with van der Waals surface area (Å²) in [5, 5.41) is 9.52. The molecule has 6 aromatic rings. The molecule has 0 aromatic heterocycles. The van der Waals surface area contributed by atoms with Gasteiger partial charge >= 0.3 is 0 Å². The van der Waals surface area contributed by atoms with Gasteiger partial charge in [-0.25, -0.2) is 0 Å². The predicted molar refractivity (Wildman–Crippen MR) is 128 cm³/mol. The Morgan fingerprint density at radius 2 is 0.700 bits per heavy atom. The lowest BCUT2D eigenvalue weighted by atomic mass is 9.98. The summed E-state index contributed by atoms with van der Waals surface area (Å²) in [5.41, 5.74) is 0.786. The number of hydrogen-bond acceptors (Lipinski definition) is 1. The van der Waals surface area contributed by atoms with E-state index in [-0.39, 0.29) is 0 Å². The lowest BCUT2D eigenvalue weighted by Crippen LogP contribution is -1.86. The summed E-state index contributed by atoms with van der Waals surface area (Å²) >= 11 is 0. The molecule has 0 atom stereocenters. The lowest BCUT2D eigenvalue weighted by molar-refractivity contribution is 0.112. The van der Waals surface area contributed by atoms with E-state index in [0.29, 0.717) is 0 Å². The molecule has 142 valence electrons. The minimum atomic E-state index is 0.786. The number of fused-ring (bicyclic) bond motifs is 4. The van der Waals surface area contributed by atoms with Crippen LogP contribution in [0.25, 0.3) is 43.1 Å². The third-order valence-corrected chi connectivity index (χ3v) is 5.54. The molecule has 0 aliphatic rings. The van der Waals surface area contributed by atoms with Gasteiger partial charge in [0.2, 0.25) is 0 Å². The fourth-order valence-corrected chi connectivity index (χ4v) is 4.06. The maximum absolute atomic E-state index is 11.2. The Kier molecular flexibility index (Phi) is 4.71. The largest absolute Gasteiger partial charge is 0.298 e. The van der Waals surface area contributed by atoms with Crippen molar-refractivity contribution in [3.63, 3.8) is 0 Å². The van der Waals surface area contributed by atoms with Gasteiger partial charge in [0.1, 0.15) is 0 Å². The van der Waals surface area contributed by atoms with E-state index < -0.39 is 0 Å². The first kappa shape index (κ1) is 18.1. The standard InChI is InChI=1S/C15H10O.C14H10/c16-10-15-13-7-3-1-5-11(13)9-12-6-2-4-8-14(12)15;1-2-6-12-10-14-8-4-3-7-13(14)9-11(12)5-1/h1-10H;1-10H. The van der Waals surface area contributed by atoms with Crippen LogP contribution in [0.15, 0.2) is 115 Å². The maximum atomic E-state index is 11.2. The van der Waals surface area contributed by atoms with Crippen molar-refractivity contribution < 1.29 is 4.79 Å². The van der Waals surface area contributed by atoms with Crippen molar-refractivity contribution in [3.05, 3.63) is 121 Å². The van der Waals surface area contributed by atoms with Crippen molar-refractivity contribution >= 4 is 49.4 Å². The Bertz CT molecular complexity index is 1350. The monoisotopic (exact) mass is 384 g/mol. The summed E-state index contributed by atoms with van der Waals surface area (Å²) in [5.74, 6) is 0. The van der Waals surface area contributed by atoms with Crippen LogP contribution in [-0.4, -0.2) is 6.29 Å². The molecule has 1 nitrogen and oxygen atoms in total. The highest BCUT2D eigenvalue weighted by molar-refractivity contribution is 6.12. The molecular formula is C29H20O. The smallest absolute Gasteiger partial charge is 0.151 e. The number of carbonyl (C=O) groups excluding carboxylic acids is 1. The van der Waals surface area contributed by atoms with Gasteiger partial charge < -0.3 is 0 Å². The Morgan fingerprint density at radius 1 is 0.400 bits per heavy atom. The van der Waals surface area contributed by atoms with Crippen LogP contribution in [0.2, 0.25) is 0 Å². The summed E-state index contributed by atoms with van der Waals surface area (Å²) in [6, 6.07) is 39.5. The molecule has 0 saturated carbocycles.